The maximum atomic E-state index is 9.35. The van der Waals surface area contributed by atoms with Gasteiger partial charge in [-0.1, -0.05) is 32.6 Å². The normalized spacial score (nSPS) is 20.6. The van der Waals surface area contributed by atoms with E-state index in [0.29, 0.717) is 18.7 Å². The van der Waals surface area contributed by atoms with Gasteiger partial charge in [0.05, 0.1) is 6.61 Å². The second-order valence-electron chi connectivity index (χ2n) is 4.72. The van der Waals surface area contributed by atoms with Crippen LogP contribution in [0.2, 0.25) is 0 Å². The molecule has 3 heteroatoms. The van der Waals surface area contributed by atoms with Gasteiger partial charge in [-0.15, -0.1) is 0 Å². The van der Waals surface area contributed by atoms with Gasteiger partial charge in [-0.2, -0.15) is 11.8 Å². The van der Waals surface area contributed by atoms with Crippen LogP contribution in [0.25, 0.3) is 0 Å². The van der Waals surface area contributed by atoms with E-state index in [1.807, 2.05) is 11.8 Å². The first-order valence-electron chi connectivity index (χ1n) is 6.81. The molecule has 1 saturated carbocycles. The number of rotatable bonds is 7. The molecule has 0 aromatic rings. The summed E-state index contributed by atoms with van der Waals surface area (Å²) in [6.07, 6.45) is 9.22. The van der Waals surface area contributed by atoms with Crippen LogP contribution in [0, 0.1) is 0 Å². The first kappa shape index (κ1) is 14.3. The Morgan fingerprint density at radius 2 is 1.94 bits per heavy atom. The Morgan fingerprint density at radius 3 is 2.50 bits per heavy atom. The molecule has 0 amide bonds. The molecule has 0 spiro atoms. The number of thioether (sulfide) groups is 1. The van der Waals surface area contributed by atoms with Gasteiger partial charge in [0.15, 0.2) is 0 Å². The molecule has 1 unspecified atom stereocenters. The summed E-state index contributed by atoms with van der Waals surface area (Å²) in [4.78, 5) is 0. The van der Waals surface area contributed by atoms with E-state index in [4.69, 9.17) is 0 Å². The van der Waals surface area contributed by atoms with Crippen LogP contribution in [0.4, 0.5) is 0 Å². The van der Waals surface area contributed by atoms with Gasteiger partial charge >= 0.3 is 0 Å². The van der Waals surface area contributed by atoms with Gasteiger partial charge in [0.2, 0.25) is 0 Å². The van der Waals surface area contributed by atoms with Crippen LogP contribution in [-0.4, -0.2) is 35.3 Å². The second kappa shape index (κ2) is 9.32. The van der Waals surface area contributed by atoms with Gasteiger partial charge in [-0.3, -0.25) is 0 Å². The van der Waals surface area contributed by atoms with Gasteiger partial charge in [0, 0.05) is 12.1 Å². The highest BCUT2D eigenvalue weighted by molar-refractivity contribution is 7.99. The molecule has 0 saturated heterocycles. The standard InChI is InChI=1S/C13H27NOS/c1-2-16-10-9-13(11-15)14-12-7-5-3-4-6-8-12/h12-15H,2-11H2,1H3. The monoisotopic (exact) mass is 245 g/mol. The number of hydrogen-bond acceptors (Lipinski definition) is 3. The van der Waals surface area contributed by atoms with Gasteiger partial charge in [0.25, 0.3) is 0 Å². The van der Waals surface area contributed by atoms with Crippen LogP contribution in [0.15, 0.2) is 0 Å². The fourth-order valence-corrected chi connectivity index (χ4v) is 3.12. The maximum Gasteiger partial charge on any atom is 0.0585 e. The molecule has 1 fully saturated rings. The summed E-state index contributed by atoms with van der Waals surface area (Å²) in [5.41, 5.74) is 0. The van der Waals surface area contributed by atoms with Gasteiger partial charge in [-0.25, -0.2) is 0 Å². The molecular weight excluding hydrogens is 218 g/mol. The largest absolute Gasteiger partial charge is 0.395 e. The minimum absolute atomic E-state index is 0.292. The van der Waals surface area contributed by atoms with E-state index in [9.17, 15) is 5.11 Å². The van der Waals surface area contributed by atoms with Crippen molar-refractivity contribution in [3.63, 3.8) is 0 Å². The zero-order valence-corrected chi connectivity index (χ0v) is 11.4. The quantitative estimate of drug-likeness (QED) is 0.534. The third-order valence-electron chi connectivity index (χ3n) is 3.36. The average Bonchev–Trinajstić information content (AvgIpc) is 2.56. The molecule has 2 N–H and O–H groups in total. The van der Waals surface area contributed by atoms with Crippen molar-refractivity contribution in [1.29, 1.82) is 0 Å². The van der Waals surface area contributed by atoms with E-state index in [2.05, 4.69) is 12.2 Å². The number of aliphatic hydroxyl groups is 1. The molecule has 96 valence electrons. The van der Waals surface area contributed by atoms with E-state index >= 15 is 0 Å². The summed E-state index contributed by atoms with van der Waals surface area (Å²) in [5, 5.41) is 13.0. The molecule has 1 rings (SSSR count). The van der Waals surface area contributed by atoms with Crippen LogP contribution in [0.5, 0.6) is 0 Å². The molecule has 0 radical (unpaired) electrons. The highest BCUT2D eigenvalue weighted by Crippen LogP contribution is 2.18. The summed E-state index contributed by atoms with van der Waals surface area (Å²) in [6.45, 7) is 2.48. The average molecular weight is 245 g/mol. The molecule has 2 nitrogen and oxygen atoms in total. The van der Waals surface area contributed by atoms with E-state index in [-0.39, 0.29) is 0 Å². The van der Waals surface area contributed by atoms with Crippen molar-refractivity contribution in [3.05, 3.63) is 0 Å². The predicted molar refractivity (Wildman–Crippen MR) is 73.1 cm³/mol. The Labute approximate surface area is 105 Å². The lowest BCUT2D eigenvalue weighted by Crippen LogP contribution is -2.40. The van der Waals surface area contributed by atoms with Gasteiger partial charge in [-0.05, 0) is 30.8 Å². The molecule has 1 atom stereocenters. The number of aliphatic hydroxyl groups excluding tert-OH is 1. The highest BCUT2D eigenvalue weighted by atomic mass is 32.2. The minimum atomic E-state index is 0.292. The molecule has 0 aromatic carbocycles. The number of hydrogen-bond donors (Lipinski definition) is 2. The van der Waals surface area contributed by atoms with Gasteiger partial charge < -0.3 is 10.4 Å². The van der Waals surface area contributed by atoms with Crippen molar-refractivity contribution in [2.45, 2.75) is 64.0 Å². The summed E-state index contributed by atoms with van der Waals surface area (Å²) < 4.78 is 0. The third-order valence-corrected chi connectivity index (χ3v) is 4.29. The highest BCUT2D eigenvalue weighted by Gasteiger charge is 2.16. The van der Waals surface area contributed by atoms with Crippen LogP contribution < -0.4 is 5.32 Å². The number of nitrogens with one attached hydrogen (secondary N) is 1. The molecule has 0 heterocycles. The topological polar surface area (TPSA) is 32.3 Å². The first-order chi connectivity index (χ1) is 7.86. The molecule has 16 heavy (non-hydrogen) atoms. The lowest BCUT2D eigenvalue weighted by atomic mass is 10.1. The minimum Gasteiger partial charge on any atom is -0.395 e. The third kappa shape index (κ3) is 6.12. The van der Waals surface area contributed by atoms with E-state index in [0.717, 1.165) is 6.42 Å². The summed E-state index contributed by atoms with van der Waals surface area (Å²) >= 11 is 1.97. The van der Waals surface area contributed by atoms with Gasteiger partial charge in [0.1, 0.15) is 0 Å². The van der Waals surface area contributed by atoms with E-state index < -0.39 is 0 Å². The fraction of sp³-hybridized carbons (Fsp3) is 1.00. The zero-order valence-electron chi connectivity index (χ0n) is 10.6. The lowest BCUT2D eigenvalue weighted by Gasteiger charge is -2.23. The predicted octanol–water partition coefficient (Wildman–Crippen LogP) is 2.80. The van der Waals surface area contributed by atoms with Crippen LogP contribution in [0.1, 0.15) is 51.9 Å². The molecule has 0 aromatic heterocycles. The SMILES string of the molecule is CCSCCC(CO)NC1CCCCCC1. The lowest BCUT2D eigenvalue weighted by molar-refractivity contribution is 0.224. The Bertz CT molecular complexity index is 158. The van der Waals surface area contributed by atoms with Crippen molar-refractivity contribution in [3.8, 4) is 0 Å². The van der Waals surface area contributed by atoms with Crippen molar-refractivity contribution in [1.82, 2.24) is 5.32 Å². The maximum absolute atomic E-state index is 9.35. The Morgan fingerprint density at radius 1 is 1.25 bits per heavy atom. The molecule has 1 aliphatic rings. The molecule has 0 aliphatic heterocycles. The molecular formula is C13H27NOS. The summed E-state index contributed by atoms with van der Waals surface area (Å²) in [7, 11) is 0. The smallest absolute Gasteiger partial charge is 0.0585 e. The second-order valence-corrected chi connectivity index (χ2v) is 6.11. The molecule has 1 aliphatic carbocycles. The van der Waals surface area contributed by atoms with Crippen molar-refractivity contribution >= 4 is 11.8 Å². The summed E-state index contributed by atoms with van der Waals surface area (Å²) in [5.74, 6) is 2.35. The fourth-order valence-electron chi connectivity index (χ4n) is 2.38. The van der Waals surface area contributed by atoms with Crippen LogP contribution in [-0.2, 0) is 0 Å². The van der Waals surface area contributed by atoms with Crippen LogP contribution >= 0.6 is 11.8 Å². The van der Waals surface area contributed by atoms with Crippen molar-refractivity contribution in [2.75, 3.05) is 18.1 Å². The van der Waals surface area contributed by atoms with E-state index in [1.165, 1.54) is 50.0 Å². The Hall–Kier alpha value is 0.270. The summed E-state index contributed by atoms with van der Waals surface area (Å²) in [6, 6.07) is 0.980. The zero-order chi connectivity index (χ0) is 11.6. The Kier molecular flexibility index (Phi) is 8.34. The Balaban J connectivity index is 2.19. The van der Waals surface area contributed by atoms with E-state index in [1.54, 1.807) is 0 Å². The molecule has 0 bridgehead atoms. The van der Waals surface area contributed by atoms with Crippen molar-refractivity contribution in [2.24, 2.45) is 0 Å². The first-order valence-corrected chi connectivity index (χ1v) is 7.97. The van der Waals surface area contributed by atoms with Crippen molar-refractivity contribution < 1.29 is 5.11 Å². The van der Waals surface area contributed by atoms with Crippen LogP contribution in [0.3, 0.4) is 0 Å².